The average Bonchev–Trinajstić information content (AvgIpc) is 3.30. The second kappa shape index (κ2) is 8.53. The molecular weight excluding hydrogens is 486 g/mol. The Morgan fingerprint density at radius 1 is 0.974 bits per heavy atom. The number of aliphatic hydroxyl groups excluding tert-OH is 1. The smallest absolute Gasteiger partial charge is 0.119 e. The highest BCUT2D eigenvalue weighted by Gasteiger charge is 2.45. The molecule has 5 aromatic rings. The molecule has 3 aromatic heterocycles. The molecule has 3 heterocycles. The number of aliphatic hydroxyl groups is 1. The Hall–Kier alpha value is -4.46. The van der Waals surface area contributed by atoms with Crippen molar-refractivity contribution in [2.45, 2.75) is 50.4 Å². The first-order valence-corrected chi connectivity index (χ1v) is 13.4. The van der Waals surface area contributed by atoms with Crippen LogP contribution in [0.3, 0.4) is 0 Å². The van der Waals surface area contributed by atoms with Crippen LogP contribution in [0.4, 0.5) is 0 Å². The number of hydrogen-bond donors (Lipinski definition) is 1. The molecule has 2 aliphatic carbocycles. The first-order valence-electron chi connectivity index (χ1n) is 13.4. The third kappa shape index (κ3) is 3.90. The number of benzene rings is 2. The molecule has 1 fully saturated rings. The third-order valence-electron chi connectivity index (χ3n) is 8.28. The summed E-state index contributed by atoms with van der Waals surface area (Å²) >= 11 is 0. The first-order chi connectivity index (χ1) is 18.8. The summed E-state index contributed by atoms with van der Waals surface area (Å²) in [6, 6.07) is 16.9. The van der Waals surface area contributed by atoms with Gasteiger partial charge in [-0.15, -0.1) is 5.10 Å². The van der Waals surface area contributed by atoms with Crippen LogP contribution in [0.15, 0.2) is 73.7 Å². The van der Waals surface area contributed by atoms with Crippen molar-refractivity contribution in [3.63, 3.8) is 0 Å². The number of aryl methyl sites for hydroxylation is 2. The molecule has 1 saturated carbocycles. The van der Waals surface area contributed by atoms with Crippen LogP contribution < -0.4 is 0 Å². The fourth-order valence-corrected chi connectivity index (χ4v) is 6.18. The van der Waals surface area contributed by atoms with Gasteiger partial charge in [0.2, 0.25) is 0 Å². The molecule has 2 aromatic carbocycles. The van der Waals surface area contributed by atoms with E-state index in [0.717, 1.165) is 53.2 Å². The van der Waals surface area contributed by atoms with Gasteiger partial charge in [-0.1, -0.05) is 49.9 Å². The maximum atomic E-state index is 10.4. The van der Waals surface area contributed by atoms with E-state index in [4.69, 9.17) is 10.2 Å². The maximum absolute atomic E-state index is 10.4. The minimum absolute atomic E-state index is 0.0274. The molecule has 8 nitrogen and oxygen atoms in total. The van der Waals surface area contributed by atoms with Gasteiger partial charge in [0.15, 0.2) is 0 Å². The summed E-state index contributed by atoms with van der Waals surface area (Å²) in [5.74, 6) is 0.451. The van der Waals surface area contributed by atoms with Crippen LogP contribution in [0.25, 0.3) is 28.3 Å². The second-order valence-electron chi connectivity index (χ2n) is 11.5. The lowest BCUT2D eigenvalue weighted by Crippen LogP contribution is -2.18. The summed E-state index contributed by atoms with van der Waals surface area (Å²) in [5.41, 5.74) is 9.56. The molecule has 8 heteroatoms. The third-order valence-corrected chi connectivity index (χ3v) is 8.28. The number of hydrogen-bond acceptors (Lipinski definition) is 5. The molecule has 0 radical (unpaired) electrons. The van der Waals surface area contributed by atoms with Gasteiger partial charge >= 0.3 is 0 Å². The van der Waals surface area contributed by atoms with Crippen molar-refractivity contribution in [3.05, 3.63) is 102 Å². The molecule has 0 aliphatic heterocycles. The summed E-state index contributed by atoms with van der Waals surface area (Å²) in [5, 5.41) is 28.2. The number of nitrogens with zero attached hydrogens (tertiary/aromatic N) is 7. The van der Waals surface area contributed by atoms with Crippen LogP contribution in [0.5, 0.6) is 0 Å². The molecular formula is C31H31N7O. The lowest BCUT2D eigenvalue weighted by atomic mass is 9.90. The van der Waals surface area contributed by atoms with E-state index in [2.05, 4.69) is 84.0 Å². The van der Waals surface area contributed by atoms with Crippen molar-refractivity contribution >= 4 is 5.76 Å². The predicted molar refractivity (Wildman–Crippen MR) is 150 cm³/mol. The molecule has 7 rings (SSSR count). The molecule has 0 saturated heterocycles. The van der Waals surface area contributed by atoms with Gasteiger partial charge in [0.1, 0.15) is 5.76 Å². The molecule has 0 amide bonds. The van der Waals surface area contributed by atoms with Gasteiger partial charge in [0.05, 0.1) is 46.4 Å². The molecule has 2 aliphatic rings. The van der Waals surface area contributed by atoms with Crippen molar-refractivity contribution in [1.29, 1.82) is 0 Å². The van der Waals surface area contributed by atoms with Crippen LogP contribution >= 0.6 is 0 Å². The summed E-state index contributed by atoms with van der Waals surface area (Å²) in [6.45, 7) is 8.40. The van der Waals surface area contributed by atoms with E-state index in [9.17, 15) is 5.11 Å². The molecule has 1 N–H and O–H groups in total. The van der Waals surface area contributed by atoms with Gasteiger partial charge in [-0.2, -0.15) is 10.2 Å². The van der Waals surface area contributed by atoms with Crippen molar-refractivity contribution in [3.8, 4) is 22.5 Å². The van der Waals surface area contributed by atoms with Crippen LogP contribution in [0, 0.1) is 0 Å². The highest BCUT2D eigenvalue weighted by molar-refractivity contribution is 5.69. The SMILES string of the molecule is C=C(O)c1cnn(-c2cccc(-c3cccc(-n4ncc5c4C(C)(C)CC5)c3)c2)c1[C@@H]1CC1c1cn(C)nn1. The first kappa shape index (κ1) is 23.6. The maximum Gasteiger partial charge on any atom is 0.119 e. The lowest BCUT2D eigenvalue weighted by Gasteiger charge is -2.21. The van der Waals surface area contributed by atoms with E-state index in [1.165, 1.54) is 11.3 Å². The quantitative estimate of drug-likeness (QED) is 0.284. The standard InChI is InChI=1S/C31H31N7O/c1-19(39)27-17-33-37(29(27)26-15-25(26)28-18-36(4)35-34-28)23-9-5-7-20(13-23)21-8-6-10-24(14-21)38-30-22(16-32-38)11-12-31(30,2)3/h5-10,13-14,16-18,25-26,39H,1,11-12,15H2,2-4H3/t25?,26-/m1/s1. The molecule has 196 valence electrons. The largest absolute Gasteiger partial charge is 0.508 e. The molecule has 2 atom stereocenters. The van der Waals surface area contributed by atoms with E-state index in [-0.39, 0.29) is 23.0 Å². The summed E-state index contributed by atoms with van der Waals surface area (Å²) < 4.78 is 5.78. The second-order valence-corrected chi connectivity index (χ2v) is 11.5. The molecule has 0 bridgehead atoms. The predicted octanol–water partition coefficient (Wildman–Crippen LogP) is 5.88. The van der Waals surface area contributed by atoms with Crippen molar-refractivity contribution in [2.24, 2.45) is 7.05 Å². The average molecular weight is 518 g/mol. The van der Waals surface area contributed by atoms with E-state index in [1.54, 1.807) is 10.9 Å². The van der Waals surface area contributed by atoms with Crippen molar-refractivity contribution in [1.82, 2.24) is 34.6 Å². The number of fused-ring (bicyclic) bond motifs is 1. The summed E-state index contributed by atoms with van der Waals surface area (Å²) in [7, 11) is 1.88. The van der Waals surface area contributed by atoms with Gasteiger partial charge in [0.25, 0.3) is 0 Å². The Kier molecular flexibility index (Phi) is 5.17. The van der Waals surface area contributed by atoms with Crippen molar-refractivity contribution < 1.29 is 5.11 Å². The molecule has 0 spiro atoms. The van der Waals surface area contributed by atoms with Crippen LogP contribution in [0.1, 0.15) is 66.7 Å². The Balaban J connectivity index is 1.26. The molecule has 39 heavy (non-hydrogen) atoms. The van der Waals surface area contributed by atoms with E-state index < -0.39 is 0 Å². The lowest BCUT2D eigenvalue weighted by molar-refractivity contribution is 0.489. The minimum Gasteiger partial charge on any atom is -0.508 e. The van der Waals surface area contributed by atoms with Gasteiger partial charge < -0.3 is 5.11 Å². The zero-order valence-corrected chi connectivity index (χ0v) is 22.4. The topological polar surface area (TPSA) is 86.6 Å². The zero-order chi connectivity index (χ0) is 26.9. The zero-order valence-electron chi connectivity index (χ0n) is 22.4. The monoisotopic (exact) mass is 517 g/mol. The van der Waals surface area contributed by atoms with Gasteiger partial charge in [-0.05, 0) is 60.2 Å². The Bertz CT molecular complexity index is 1740. The summed E-state index contributed by atoms with van der Waals surface area (Å²) in [4.78, 5) is 0. The van der Waals surface area contributed by atoms with Gasteiger partial charge in [0, 0.05) is 30.5 Å². The van der Waals surface area contributed by atoms with E-state index in [0.29, 0.717) is 5.56 Å². The number of aromatic nitrogens is 7. The van der Waals surface area contributed by atoms with Gasteiger partial charge in [-0.3, -0.25) is 4.68 Å². The number of rotatable bonds is 6. The van der Waals surface area contributed by atoms with Crippen LogP contribution in [-0.2, 0) is 18.9 Å². The van der Waals surface area contributed by atoms with Gasteiger partial charge in [-0.25, -0.2) is 9.36 Å². The van der Waals surface area contributed by atoms with Crippen LogP contribution in [-0.4, -0.2) is 39.7 Å². The van der Waals surface area contributed by atoms with Crippen molar-refractivity contribution in [2.75, 3.05) is 0 Å². The van der Waals surface area contributed by atoms with E-state index >= 15 is 0 Å². The van der Waals surface area contributed by atoms with E-state index in [1.807, 2.05) is 24.1 Å². The normalized spacial score (nSPS) is 19.3. The fraction of sp³-hybridized carbons (Fsp3) is 0.290. The fourth-order valence-electron chi connectivity index (χ4n) is 6.18. The minimum atomic E-state index is 0.0274. The Morgan fingerprint density at radius 2 is 1.67 bits per heavy atom. The molecule has 1 unspecified atom stereocenters. The summed E-state index contributed by atoms with van der Waals surface area (Å²) in [6.07, 6.45) is 8.85. The highest BCUT2D eigenvalue weighted by atomic mass is 16.3. The Labute approximate surface area is 227 Å². The highest BCUT2D eigenvalue weighted by Crippen LogP contribution is 2.55. The van der Waals surface area contributed by atoms with Crippen LogP contribution in [0.2, 0.25) is 0 Å². The Morgan fingerprint density at radius 3 is 2.33 bits per heavy atom.